The van der Waals surface area contributed by atoms with Crippen molar-refractivity contribution in [2.24, 2.45) is 0 Å². The largest absolute Gasteiger partial charge is 0.495 e. The summed E-state index contributed by atoms with van der Waals surface area (Å²) in [6, 6.07) is 11.7. The third kappa shape index (κ3) is 4.39. The average Bonchev–Trinajstić information content (AvgIpc) is 2.59. The quantitative estimate of drug-likeness (QED) is 0.784. The molecule has 24 heavy (non-hydrogen) atoms. The van der Waals surface area contributed by atoms with E-state index in [4.69, 9.17) is 21.1 Å². The summed E-state index contributed by atoms with van der Waals surface area (Å²) < 4.78 is 10.2. The van der Waals surface area contributed by atoms with Crippen LogP contribution >= 0.6 is 11.6 Å². The first-order chi connectivity index (χ1) is 11.5. The summed E-state index contributed by atoms with van der Waals surface area (Å²) in [7, 11) is 3.18. The van der Waals surface area contributed by atoms with Crippen LogP contribution in [0.25, 0.3) is 0 Å². The summed E-state index contributed by atoms with van der Waals surface area (Å²) in [5.41, 5.74) is 1.38. The van der Waals surface area contributed by atoms with Crippen molar-refractivity contribution in [3.05, 3.63) is 53.1 Å². The number of esters is 1. The number of carbonyl (C=O) groups excluding carboxylic acids is 2. The molecule has 2 aromatic carbocycles. The zero-order chi connectivity index (χ0) is 17.5. The first-order valence-electron chi connectivity index (χ1n) is 7.12. The van der Waals surface area contributed by atoms with Crippen molar-refractivity contribution in [3.63, 3.8) is 0 Å². The van der Waals surface area contributed by atoms with Crippen molar-refractivity contribution in [1.29, 1.82) is 0 Å². The number of hydrogen-bond donors (Lipinski definition) is 2. The second-order valence-corrected chi connectivity index (χ2v) is 5.20. The molecule has 6 nitrogen and oxygen atoms in total. The fourth-order valence-corrected chi connectivity index (χ4v) is 2.22. The fourth-order valence-electron chi connectivity index (χ4n) is 2.05. The molecule has 126 valence electrons. The van der Waals surface area contributed by atoms with Gasteiger partial charge >= 0.3 is 5.97 Å². The maximum atomic E-state index is 12.1. The second-order valence-electron chi connectivity index (χ2n) is 4.76. The zero-order valence-corrected chi connectivity index (χ0v) is 14.0. The molecule has 0 aliphatic carbocycles. The van der Waals surface area contributed by atoms with E-state index in [0.29, 0.717) is 27.7 Å². The Hall–Kier alpha value is -2.73. The van der Waals surface area contributed by atoms with Gasteiger partial charge in [-0.1, -0.05) is 23.7 Å². The molecule has 0 spiro atoms. The molecule has 0 aliphatic heterocycles. The van der Waals surface area contributed by atoms with E-state index in [1.54, 1.807) is 49.5 Å². The van der Waals surface area contributed by atoms with Gasteiger partial charge in [0.25, 0.3) is 5.91 Å². The molecule has 0 saturated carbocycles. The number of ether oxygens (including phenoxy) is 2. The van der Waals surface area contributed by atoms with Crippen LogP contribution in [0.4, 0.5) is 11.4 Å². The van der Waals surface area contributed by atoms with E-state index in [9.17, 15) is 9.59 Å². The van der Waals surface area contributed by atoms with Gasteiger partial charge in [0.1, 0.15) is 5.75 Å². The lowest BCUT2D eigenvalue weighted by Crippen LogP contribution is -2.21. The van der Waals surface area contributed by atoms with Crippen molar-refractivity contribution in [3.8, 4) is 5.75 Å². The Labute approximate surface area is 144 Å². The molecule has 0 aromatic heterocycles. The van der Waals surface area contributed by atoms with Gasteiger partial charge in [0, 0.05) is 17.8 Å². The number of methoxy groups -OCH3 is 1. The summed E-state index contributed by atoms with van der Waals surface area (Å²) in [5.74, 6) is -0.626. The van der Waals surface area contributed by atoms with Gasteiger partial charge in [-0.2, -0.15) is 0 Å². The first-order valence-corrected chi connectivity index (χ1v) is 7.50. The van der Waals surface area contributed by atoms with Gasteiger partial charge in [0.15, 0.2) is 6.61 Å². The summed E-state index contributed by atoms with van der Waals surface area (Å²) in [4.78, 5) is 24.1. The number of carbonyl (C=O) groups is 2. The number of anilines is 2. The fraction of sp³-hybridized carbons (Fsp3) is 0.176. The van der Waals surface area contributed by atoms with E-state index in [-0.39, 0.29) is 0 Å². The minimum atomic E-state index is -0.590. The molecule has 0 saturated heterocycles. The van der Waals surface area contributed by atoms with Gasteiger partial charge in [0.05, 0.1) is 18.4 Å². The third-order valence-corrected chi connectivity index (χ3v) is 3.42. The number of para-hydroxylation sites is 1. The van der Waals surface area contributed by atoms with E-state index in [2.05, 4.69) is 10.6 Å². The highest BCUT2D eigenvalue weighted by Crippen LogP contribution is 2.27. The number of benzene rings is 2. The van der Waals surface area contributed by atoms with Crippen LogP contribution in [-0.4, -0.2) is 32.6 Å². The molecule has 0 heterocycles. The molecule has 0 bridgehead atoms. The molecule has 2 aromatic rings. The highest BCUT2D eigenvalue weighted by molar-refractivity contribution is 6.31. The SMILES string of the molecule is CNc1ccccc1C(=O)OCC(=O)Nc1cc(Cl)ccc1OC. The summed E-state index contributed by atoms with van der Waals surface area (Å²) in [6.45, 7) is -0.424. The number of halogens is 1. The lowest BCUT2D eigenvalue weighted by Gasteiger charge is -2.11. The number of rotatable bonds is 6. The van der Waals surface area contributed by atoms with Gasteiger partial charge in [0.2, 0.25) is 0 Å². The average molecular weight is 349 g/mol. The maximum Gasteiger partial charge on any atom is 0.340 e. The molecule has 0 atom stereocenters. The highest BCUT2D eigenvalue weighted by Gasteiger charge is 2.14. The summed E-state index contributed by atoms with van der Waals surface area (Å²) in [5, 5.41) is 5.94. The predicted molar refractivity (Wildman–Crippen MR) is 92.9 cm³/mol. The normalized spacial score (nSPS) is 9.96. The highest BCUT2D eigenvalue weighted by atomic mass is 35.5. The molecule has 0 radical (unpaired) electrons. The number of amides is 1. The van der Waals surface area contributed by atoms with Crippen LogP contribution in [0.2, 0.25) is 5.02 Å². The van der Waals surface area contributed by atoms with Crippen molar-refractivity contribution in [2.45, 2.75) is 0 Å². The van der Waals surface area contributed by atoms with Crippen LogP contribution in [0.1, 0.15) is 10.4 Å². The molecule has 2 N–H and O–H groups in total. The molecule has 1 amide bonds. The lowest BCUT2D eigenvalue weighted by molar-refractivity contribution is -0.119. The predicted octanol–water partition coefficient (Wildman–Crippen LogP) is 3.19. The molecule has 2 rings (SSSR count). The van der Waals surface area contributed by atoms with Crippen LogP contribution in [0.3, 0.4) is 0 Å². The molecular formula is C17H17ClN2O4. The van der Waals surface area contributed by atoms with E-state index < -0.39 is 18.5 Å². The van der Waals surface area contributed by atoms with Crippen LogP contribution in [0.15, 0.2) is 42.5 Å². The summed E-state index contributed by atoms with van der Waals surface area (Å²) >= 11 is 5.90. The Morgan fingerprint density at radius 1 is 1.12 bits per heavy atom. The smallest absolute Gasteiger partial charge is 0.340 e. The Balaban J connectivity index is 1.98. The van der Waals surface area contributed by atoms with Gasteiger partial charge in [-0.25, -0.2) is 4.79 Å². The Morgan fingerprint density at radius 2 is 1.88 bits per heavy atom. The van der Waals surface area contributed by atoms with Crippen LogP contribution in [0.5, 0.6) is 5.75 Å². The van der Waals surface area contributed by atoms with Gasteiger partial charge in [-0.3, -0.25) is 4.79 Å². The lowest BCUT2D eigenvalue weighted by atomic mass is 10.2. The first kappa shape index (κ1) is 17.6. The molecule has 0 unspecified atom stereocenters. The van der Waals surface area contributed by atoms with Crippen molar-refractivity contribution < 1.29 is 19.1 Å². The Bertz CT molecular complexity index is 749. The molecular weight excluding hydrogens is 332 g/mol. The van der Waals surface area contributed by atoms with Gasteiger partial charge in [-0.15, -0.1) is 0 Å². The van der Waals surface area contributed by atoms with Gasteiger partial charge < -0.3 is 20.1 Å². The standard InChI is InChI=1S/C17H17ClN2O4/c1-19-13-6-4-3-5-12(13)17(22)24-10-16(21)20-14-9-11(18)7-8-15(14)23-2/h3-9,19H,10H2,1-2H3,(H,20,21). The third-order valence-electron chi connectivity index (χ3n) is 3.19. The number of hydrogen-bond acceptors (Lipinski definition) is 5. The van der Waals surface area contributed by atoms with E-state index in [1.807, 2.05) is 0 Å². The van der Waals surface area contributed by atoms with Crippen LogP contribution in [-0.2, 0) is 9.53 Å². The van der Waals surface area contributed by atoms with Crippen LogP contribution in [0, 0.1) is 0 Å². The summed E-state index contributed by atoms with van der Waals surface area (Å²) in [6.07, 6.45) is 0. The number of nitrogens with one attached hydrogen (secondary N) is 2. The monoisotopic (exact) mass is 348 g/mol. The van der Waals surface area contributed by atoms with Crippen molar-refractivity contribution >= 4 is 34.9 Å². The molecule has 7 heteroatoms. The van der Waals surface area contributed by atoms with Crippen LogP contribution < -0.4 is 15.4 Å². The van der Waals surface area contributed by atoms with Crippen molar-refractivity contribution in [1.82, 2.24) is 0 Å². The van der Waals surface area contributed by atoms with Crippen molar-refractivity contribution in [2.75, 3.05) is 31.4 Å². The minimum absolute atomic E-state index is 0.355. The van der Waals surface area contributed by atoms with Gasteiger partial charge in [-0.05, 0) is 30.3 Å². The maximum absolute atomic E-state index is 12.1. The van der Waals surface area contributed by atoms with E-state index in [1.165, 1.54) is 7.11 Å². The zero-order valence-electron chi connectivity index (χ0n) is 13.3. The molecule has 0 aliphatic rings. The minimum Gasteiger partial charge on any atom is -0.495 e. The Morgan fingerprint density at radius 3 is 2.58 bits per heavy atom. The molecule has 0 fully saturated rings. The van der Waals surface area contributed by atoms with E-state index in [0.717, 1.165) is 0 Å². The second kappa shape index (κ2) is 8.21. The topological polar surface area (TPSA) is 76.7 Å². The van der Waals surface area contributed by atoms with E-state index >= 15 is 0 Å². The Kier molecular flexibility index (Phi) is 6.03.